The van der Waals surface area contributed by atoms with Crippen molar-refractivity contribution in [1.82, 2.24) is 29.7 Å². The molecular weight excluding hydrogens is 504 g/mol. The first-order chi connectivity index (χ1) is 19.2. The highest BCUT2D eigenvalue weighted by atomic mass is 16.1. The van der Waals surface area contributed by atoms with Crippen LogP contribution in [-0.4, -0.2) is 44.0 Å². The number of hydrogen-bond donors (Lipinski definition) is 4. The van der Waals surface area contributed by atoms with Crippen LogP contribution in [0.5, 0.6) is 0 Å². The van der Waals surface area contributed by atoms with Gasteiger partial charge in [0.15, 0.2) is 11.6 Å². The van der Waals surface area contributed by atoms with Gasteiger partial charge in [-0.2, -0.15) is 0 Å². The first-order valence-electron chi connectivity index (χ1n) is 13.6. The van der Waals surface area contributed by atoms with Crippen molar-refractivity contribution in [3.63, 3.8) is 0 Å². The van der Waals surface area contributed by atoms with Crippen molar-refractivity contribution in [2.24, 2.45) is 25.6 Å². The zero-order chi connectivity index (χ0) is 28.3. The summed E-state index contributed by atoms with van der Waals surface area (Å²) in [5, 5.41) is 7.28. The summed E-state index contributed by atoms with van der Waals surface area (Å²) in [7, 11) is 3.71. The van der Waals surface area contributed by atoms with Crippen LogP contribution in [0.4, 0.5) is 0 Å². The standard InChI is InChI=1S/C30H34N8O2/c1-15-17(7-5-9-19(15)23-25-21(11-13-33-23)35-29(27(31)39)37(25)3)18-8-6-10-20(16(18)2)24-26-22(12-14-34-24)36-30(28(32)40)38(26)4/h5-10,23-24,33-34H,11-14H2,1-4H3,(H2,31,39)(H2,32,40). The largest absolute Gasteiger partial charge is 0.363 e. The van der Waals surface area contributed by atoms with Crippen LogP contribution < -0.4 is 22.1 Å². The van der Waals surface area contributed by atoms with Crippen LogP contribution in [0.15, 0.2) is 36.4 Å². The number of fused-ring (bicyclic) bond motifs is 2. The Balaban J connectivity index is 1.44. The average molecular weight is 539 g/mol. The van der Waals surface area contributed by atoms with E-state index in [1.54, 1.807) is 0 Å². The predicted molar refractivity (Wildman–Crippen MR) is 152 cm³/mol. The Kier molecular flexibility index (Phi) is 6.31. The van der Waals surface area contributed by atoms with Crippen LogP contribution in [-0.2, 0) is 26.9 Å². The Labute approximate surface area is 232 Å². The maximum absolute atomic E-state index is 12.0. The van der Waals surface area contributed by atoms with Crippen molar-refractivity contribution >= 4 is 11.8 Å². The average Bonchev–Trinajstić information content (AvgIpc) is 3.46. The maximum atomic E-state index is 12.0. The number of imidazole rings is 2. The molecule has 2 unspecified atom stereocenters. The summed E-state index contributed by atoms with van der Waals surface area (Å²) in [6.07, 6.45) is 1.49. The molecule has 2 aliphatic heterocycles. The molecule has 0 radical (unpaired) electrons. The highest BCUT2D eigenvalue weighted by Crippen LogP contribution is 2.39. The zero-order valence-electron chi connectivity index (χ0n) is 23.2. The summed E-state index contributed by atoms with van der Waals surface area (Å²) >= 11 is 0. The Morgan fingerprint density at radius 1 is 0.750 bits per heavy atom. The molecule has 0 bridgehead atoms. The van der Waals surface area contributed by atoms with E-state index in [2.05, 4.69) is 70.8 Å². The van der Waals surface area contributed by atoms with Gasteiger partial charge in [0.1, 0.15) is 0 Å². The third kappa shape index (κ3) is 3.94. The maximum Gasteiger partial charge on any atom is 0.284 e. The lowest BCUT2D eigenvalue weighted by Gasteiger charge is -2.29. The molecule has 2 amide bonds. The molecule has 10 heteroatoms. The zero-order valence-corrected chi connectivity index (χ0v) is 23.2. The highest BCUT2D eigenvalue weighted by molar-refractivity contribution is 5.90. The van der Waals surface area contributed by atoms with Gasteiger partial charge < -0.3 is 31.2 Å². The fraction of sp³-hybridized carbons (Fsp3) is 0.333. The predicted octanol–water partition coefficient (Wildman–Crippen LogP) is 2.11. The van der Waals surface area contributed by atoms with Crippen molar-refractivity contribution in [3.8, 4) is 11.1 Å². The van der Waals surface area contributed by atoms with Crippen molar-refractivity contribution in [3.05, 3.63) is 93.1 Å². The molecule has 2 aliphatic rings. The van der Waals surface area contributed by atoms with Crippen LogP contribution in [0.3, 0.4) is 0 Å². The smallest absolute Gasteiger partial charge is 0.284 e. The van der Waals surface area contributed by atoms with Crippen molar-refractivity contribution in [2.45, 2.75) is 38.8 Å². The lowest BCUT2D eigenvalue weighted by Crippen LogP contribution is -2.33. The fourth-order valence-electron chi connectivity index (χ4n) is 6.56. The second kappa shape index (κ2) is 9.72. The van der Waals surface area contributed by atoms with E-state index in [0.717, 1.165) is 82.1 Å². The van der Waals surface area contributed by atoms with Gasteiger partial charge in [0.25, 0.3) is 11.8 Å². The number of aromatic nitrogens is 4. The van der Waals surface area contributed by atoms with Crippen LogP contribution in [0.25, 0.3) is 11.1 Å². The summed E-state index contributed by atoms with van der Waals surface area (Å²) in [6, 6.07) is 12.5. The number of hydrogen-bond acceptors (Lipinski definition) is 6. The molecule has 2 atom stereocenters. The molecule has 10 nitrogen and oxygen atoms in total. The van der Waals surface area contributed by atoms with E-state index in [0.29, 0.717) is 0 Å². The van der Waals surface area contributed by atoms with Crippen LogP contribution in [0.2, 0.25) is 0 Å². The number of rotatable bonds is 5. The molecule has 6 rings (SSSR count). The molecule has 0 saturated heterocycles. The third-order valence-electron chi connectivity index (χ3n) is 8.50. The van der Waals surface area contributed by atoms with E-state index in [4.69, 9.17) is 11.5 Å². The molecule has 0 aliphatic carbocycles. The number of carbonyl (C=O) groups is 2. The Hall–Kier alpha value is -4.28. The van der Waals surface area contributed by atoms with E-state index in [1.807, 2.05) is 23.2 Å². The number of carbonyl (C=O) groups excluding carboxylic acids is 2. The number of benzene rings is 2. The minimum Gasteiger partial charge on any atom is -0.363 e. The van der Waals surface area contributed by atoms with Gasteiger partial charge in [-0.15, -0.1) is 0 Å². The van der Waals surface area contributed by atoms with Gasteiger partial charge >= 0.3 is 0 Å². The fourth-order valence-corrected chi connectivity index (χ4v) is 6.56. The van der Waals surface area contributed by atoms with E-state index in [1.165, 1.54) is 0 Å². The minimum absolute atomic E-state index is 0.109. The van der Waals surface area contributed by atoms with Gasteiger partial charge in [-0.25, -0.2) is 9.97 Å². The van der Waals surface area contributed by atoms with E-state index in [9.17, 15) is 9.59 Å². The molecule has 2 aromatic carbocycles. The molecule has 40 heavy (non-hydrogen) atoms. The number of nitrogens with zero attached hydrogens (tertiary/aromatic N) is 4. The summed E-state index contributed by atoms with van der Waals surface area (Å²) in [5.41, 5.74) is 21.9. The molecule has 4 aromatic rings. The first kappa shape index (κ1) is 26.0. The number of nitrogens with two attached hydrogens (primary N) is 2. The molecule has 0 fully saturated rings. The quantitative estimate of drug-likeness (QED) is 0.306. The second-order valence-corrected chi connectivity index (χ2v) is 10.7. The van der Waals surface area contributed by atoms with Crippen LogP contribution in [0, 0.1) is 13.8 Å². The van der Waals surface area contributed by atoms with Gasteiger partial charge in [-0.3, -0.25) is 9.59 Å². The normalized spacial score (nSPS) is 18.3. The SMILES string of the molecule is Cc1c(-c2cccc(C3NCCc4nc(C(N)=O)n(C)c43)c2C)cccc1C1NCCc2nc(C(N)=O)n(C)c21. The van der Waals surface area contributed by atoms with Crippen molar-refractivity contribution in [2.75, 3.05) is 13.1 Å². The Morgan fingerprint density at radius 3 is 1.52 bits per heavy atom. The van der Waals surface area contributed by atoms with Gasteiger partial charge in [0, 0.05) is 40.0 Å². The number of amides is 2. The summed E-state index contributed by atoms with van der Waals surface area (Å²) < 4.78 is 3.65. The molecule has 6 N–H and O–H groups in total. The van der Waals surface area contributed by atoms with E-state index < -0.39 is 11.8 Å². The van der Waals surface area contributed by atoms with Crippen LogP contribution in [0.1, 0.15) is 78.4 Å². The van der Waals surface area contributed by atoms with Crippen molar-refractivity contribution in [1.29, 1.82) is 0 Å². The monoisotopic (exact) mass is 538 g/mol. The molecule has 206 valence electrons. The molecular formula is C30H34N8O2. The lowest BCUT2D eigenvalue weighted by molar-refractivity contribution is 0.0979. The summed E-state index contributed by atoms with van der Waals surface area (Å²) in [6.45, 7) is 5.82. The van der Waals surface area contributed by atoms with Crippen LogP contribution >= 0.6 is 0 Å². The second-order valence-electron chi connectivity index (χ2n) is 10.7. The Morgan fingerprint density at radius 2 is 1.15 bits per heavy atom. The van der Waals surface area contributed by atoms with Gasteiger partial charge in [0.05, 0.1) is 34.9 Å². The van der Waals surface area contributed by atoms with Gasteiger partial charge in [-0.1, -0.05) is 36.4 Å². The number of primary amides is 2. The van der Waals surface area contributed by atoms with Gasteiger partial charge in [0.2, 0.25) is 0 Å². The molecule has 4 heterocycles. The molecule has 0 spiro atoms. The number of nitrogens with one attached hydrogen (secondary N) is 2. The van der Waals surface area contributed by atoms with E-state index in [-0.39, 0.29) is 23.7 Å². The van der Waals surface area contributed by atoms with E-state index >= 15 is 0 Å². The summed E-state index contributed by atoms with van der Waals surface area (Å²) in [4.78, 5) is 33.1. The summed E-state index contributed by atoms with van der Waals surface area (Å²) in [5.74, 6) is -0.482. The topological polar surface area (TPSA) is 146 Å². The molecule has 2 aromatic heterocycles. The minimum atomic E-state index is -0.524. The van der Waals surface area contributed by atoms with Gasteiger partial charge in [-0.05, 0) is 47.2 Å². The third-order valence-corrected chi connectivity index (χ3v) is 8.50. The lowest BCUT2D eigenvalue weighted by atomic mass is 9.85. The highest BCUT2D eigenvalue weighted by Gasteiger charge is 2.32. The first-order valence-corrected chi connectivity index (χ1v) is 13.6. The van der Waals surface area contributed by atoms with Crippen molar-refractivity contribution < 1.29 is 9.59 Å². The Bertz CT molecular complexity index is 1560. The molecule has 0 saturated carbocycles.